The van der Waals surface area contributed by atoms with Gasteiger partial charge in [-0.25, -0.2) is 4.79 Å². The molecule has 0 unspecified atom stereocenters. The number of aromatic nitrogens is 2. The molecule has 1 saturated heterocycles. The van der Waals surface area contributed by atoms with Gasteiger partial charge < -0.3 is 9.84 Å². The van der Waals surface area contributed by atoms with Crippen LogP contribution in [0.1, 0.15) is 18.2 Å². The largest absolute Gasteiger partial charge is 0.394 e. The number of aliphatic hydroxyl groups excluding tert-OH is 1. The quantitative estimate of drug-likeness (QED) is 0.800. The van der Waals surface area contributed by atoms with Crippen molar-refractivity contribution < 1.29 is 9.84 Å². The van der Waals surface area contributed by atoms with E-state index >= 15 is 0 Å². The number of nitrogens with zero attached hydrogens (tertiary/aromatic N) is 1. The highest BCUT2D eigenvalue weighted by Gasteiger charge is 2.35. The lowest BCUT2D eigenvalue weighted by atomic mass is 10.2. The number of hydrogen-bond acceptors (Lipinski definition) is 5. The van der Waals surface area contributed by atoms with Gasteiger partial charge in [0, 0.05) is 23.4 Å². The van der Waals surface area contributed by atoms with Crippen molar-refractivity contribution in [3.63, 3.8) is 0 Å². The highest BCUT2D eigenvalue weighted by Crippen LogP contribution is 2.34. The Morgan fingerprint density at radius 3 is 2.89 bits per heavy atom. The molecule has 0 aromatic carbocycles. The predicted octanol–water partition coefficient (Wildman–Crippen LogP) is -0.144. The summed E-state index contributed by atoms with van der Waals surface area (Å²) in [5.74, 6) is 0. The van der Waals surface area contributed by atoms with E-state index in [0.29, 0.717) is 12.0 Å². The van der Waals surface area contributed by atoms with E-state index in [-0.39, 0.29) is 23.5 Å². The van der Waals surface area contributed by atoms with E-state index in [9.17, 15) is 14.7 Å². The highest BCUT2D eigenvalue weighted by molar-refractivity contribution is 7.99. The number of aryl methyl sites for hydroxylation is 1. The Kier molecular flexibility index (Phi) is 3.94. The van der Waals surface area contributed by atoms with Gasteiger partial charge in [0.05, 0.1) is 12.7 Å². The van der Waals surface area contributed by atoms with Crippen LogP contribution in [0.2, 0.25) is 0 Å². The molecule has 1 aromatic rings. The Bertz CT molecular complexity index is 527. The number of hydrogen-bond donors (Lipinski definition) is 2. The van der Waals surface area contributed by atoms with Crippen LogP contribution in [-0.4, -0.2) is 38.9 Å². The fourth-order valence-electron chi connectivity index (χ4n) is 2.08. The lowest BCUT2D eigenvalue weighted by Gasteiger charge is -2.15. The Morgan fingerprint density at radius 1 is 1.61 bits per heavy atom. The lowest BCUT2D eigenvalue weighted by molar-refractivity contribution is -0.0238. The molecule has 0 spiro atoms. The smallest absolute Gasteiger partial charge is 0.330 e. The normalized spacial score (nSPS) is 27.6. The number of nitrogens with one attached hydrogen (secondary N) is 1. The Morgan fingerprint density at radius 2 is 2.33 bits per heavy atom. The van der Waals surface area contributed by atoms with Crippen LogP contribution in [0.15, 0.2) is 15.8 Å². The van der Waals surface area contributed by atoms with Crippen molar-refractivity contribution in [2.45, 2.75) is 30.9 Å². The van der Waals surface area contributed by atoms with Crippen LogP contribution in [0.3, 0.4) is 0 Å². The zero-order chi connectivity index (χ0) is 13.3. The minimum absolute atomic E-state index is 0.0703. The van der Waals surface area contributed by atoms with Crippen molar-refractivity contribution >= 4 is 11.8 Å². The fourth-order valence-corrected chi connectivity index (χ4v) is 2.89. The third-order valence-corrected chi connectivity index (χ3v) is 4.22. The van der Waals surface area contributed by atoms with Crippen LogP contribution < -0.4 is 11.2 Å². The lowest BCUT2D eigenvalue weighted by Crippen LogP contribution is -2.33. The molecule has 0 saturated carbocycles. The topological polar surface area (TPSA) is 84.3 Å². The fraction of sp³-hybridized carbons (Fsp3) is 0.636. The molecule has 2 rings (SSSR count). The molecule has 0 aliphatic carbocycles. The van der Waals surface area contributed by atoms with Gasteiger partial charge in [-0.3, -0.25) is 14.3 Å². The van der Waals surface area contributed by atoms with Crippen LogP contribution in [0, 0.1) is 6.92 Å². The molecule has 2 heterocycles. The molecule has 1 fully saturated rings. The Balaban J connectivity index is 2.31. The van der Waals surface area contributed by atoms with Crippen LogP contribution >= 0.6 is 11.8 Å². The second-order valence-corrected chi connectivity index (χ2v) is 5.38. The van der Waals surface area contributed by atoms with Crippen molar-refractivity contribution in [2.75, 3.05) is 12.9 Å². The van der Waals surface area contributed by atoms with Crippen LogP contribution in [0.25, 0.3) is 0 Å². The van der Waals surface area contributed by atoms with Crippen molar-refractivity contribution in [3.05, 3.63) is 32.6 Å². The molecule has 0 bridgehead atoms. The summed E-state index contributed by atoms with van der Waals surface area (Å²) >= 11 is 1.60. The first-order chi connectivity index (χ1) is 8.56. The average molecular weight is 272 g/mol. The first kappa shape index (κ1) is 13.4. The maximum absolute atomic E-state index is 11.7. The van der Waals surface area contributed by atoms with Crippen LogP contribution in [0.5, 0.6) is 0 Å². The predicted molar refractivity (Wildman–Crippen MR) is 69.0 cm³/mol. The second kappa shape index (κ2) is 5.29. The maximum atomic E-state index is 11.7. The molecule has 7 heteroatoms. The number of ether oxygens (including phenoxy) is 1. The molecule has 2 N–H and O–H groups in total. The molecule has 0 radical (unpaired) electrons. The highest BCUT2D eigenvalue weighted by atomic mass is 32.2. The molecular formula is C11H16N2O4S. The van der Waals surface area contributed by atoms with Gasteiger partial charge in [-0.05, 0) is 13.2 Å². The monoisotopic (exact) mass is 272 g/mol. The first-order valence-corrected chi connectivity index (χ1v) is 6.96. The number of aliphatic hydroxyl groups is 1. The van der Waals surface area contributed by atoms with Crippen molar-refractivity contribution in [3.8, 4) is 0 Å². The minimum atomic E-state index is -0.478. The van der Waals surface area contributed by atoms with Crippen LogP contribution in [0.4, 0.5) is 0 Å². The molecule has 100 valence electrons. The summed E-state index contributed by atoms with van der Waals surface area (Å²) in [6, 6.07) is 0. The Hall–Kier alpha value is -1.05. The molecule has 1 aliphatic heterocycles. The van der Waals surface area contributed by atoms with Gasteiger partial charge in [0.25, 0.3) is 5.56 Å². The molecule has 3 atom stereocenters. The van der Waals surface area contributed by atoms with Crippen molar-refractivity contribution in [2.24, 2.45) is 0 Å². The molecule has 18 heavy (non-hydrogen) atoms. The van der Waals surface area contributed by atoms with E-state index in [1.54, 1.807) is 18.7 Å². The SMILES string of the molecule is CS[C@H]1C[C@@H](n2cc(C)c(=O)[nH]c2=O)O[C@@H]1CO. The summed E-state index contributed by atoms with van der Waals surface area (Å²) in [5, 5.41) is 9.37. The van der Waals surface area contributed by atoms with E-state index in [4.69, 9.17) is 4.74 Å². The Labute approximate surface area is 108 Å². The standard InChI is InChI=1S/C11H16N2O4S/c1-6-4-13(11(16)12-10(6)15)9-3-8(18-2)7(5-14)17-9/h4,7-9,14H,3,5H2,1-2H3,(H,12,15,16)/t7-,8+,9+/m1/s1. The van der Waals surface area contributed by atoms with Gasteiger partial charge in [-0.2, -0.15) is 11.8 Å². The molecular weight excluding hydrogens is 256 g/mol. The van der Waals surface area contributed by atoms with Gasteiger partial charge in [0.2, 0.25) is 0 Å². The second-order valence-electron chi connectivity index (χ2n) is 4.30. The number of aromatic amines is 1. The van der Waals surface area contributed by atoms with Crippen molar-refractivity contribution in [1.82, 2.24) is 9.55 Å². The van der Waals surface area contributed by atoms with Gasteiger partial charge >= 0.3 is 5.69 Å². The summed E-state index contributed by atoms with van der Waals surface area (Å²) in [7, 11) is 0. The summed E-state index contributed by atoms with van der Waals surface area (Å²) in [6.45, 7) is 1.57. The van der Waals surface area contributed by atoms with E-state index in [2.05, 4.69) is 4.98 Å². The van der Waals surface area contributed by atoms with Gasteiger partial charge in [-0.15, -0.1) is 0 Å². The third-order valence-electron chi connectivity index (χ3n) is 3.12. The summed E-state index contributed by atoms with van der Waals surface area (Å²) in [5.41, 5.74) is -0.394. The third kappa shape index (κ3) is 2.38. The van der Waals surface area contributed by atoms with Gasteiger partial charge in [-0.1, -0.05) is 0 Å². The zero-order valence-electron chi connectivity index (χ0n) is 10.3. The number of H-pyrrole nitrogens is 1. The number of thioether (sulfide) groups is 1. The molecule has 6 nitrogen and oxygen atoms in total. The van der Waals surface area contributed by atoms with Gasteiger partial charge in [0.15, 0.2) is 0 Å². The molecule has 0 amide bonds. The molecule has 1 aromatic heterocycles. The summed E-state index contributed by atoms with van der Waals surface area (Å²) in [4.78, 5) is 25.3. The maximum Gasteiger partial charge on any atom is 0.330 e. The summed E-state index contributed by atoms with van der Waals surface area (Å²) < 4.78 is 7.03. The van der Waals surface area contributed by atoms with E-state index in [0.717, 1.165) is 0 Å². The molecule has 1 aliphatic rings. The summed E-state index contributed by atoms with van der Waals surface area (Å²) in [6.07, 6.45) is 3.38. The first-order valence-electron chi connectivity index (χ1n) is 5.68. The minimum Gasteiger partial charge on any atom is -0.394 e. The average Bonchev–Trinajstić information content (AvgIpc) is 2.76. The van der Waals surface area contributed by atoms with E-state index in [1.807, 2.05) is 6.26 Å². The van der Waals surface area contributed by atoms with Crippen LogP contribution in [-0.2, 0) is 4.74 Å². The van der Waals surface area contributed by atoms with E-state index < -0.39 is 11.9 Å². The van der Waals surface area contributed by atoms with E-state index in [1.165, 1.54) is 10.8 Å². The zero-order valence-corrected chi connectivity index (χ0v) is 11.1. The van der Waals surface area contributed by atoms with Gasteiger partial charge in [0.1, 0.15) is 6.23 Å². The van der Waals surface area contributed by atoms with Crippen molar-refractivity contribution in [1.29, 1.82) is 0 Å². The number of rotatable bonds is 3.